The molecule has 12 heteroatoms. The molecule has 11 nitrogen and oxygen atoms in total. The molecule has 0 saturated heterocycles. The van der Waals surface area contributed by atoms with Crippen molar-refractivity contribution >= 4 is 62.7 Å². The minimum Gasteiger partial charge on any atom is -0.481 e. The van der Waals surface area contributed by atoms with Crippen molar-refractivity contribution in [2.45, 2.75) is 47.5 Å². The summed E-state index contributed by atoms with van der Waals surface area (Å²) in [5.41, 5.74) is 2.63. The van der Waals surface area contributed by atoms with Crippen molar-refractivity contribution in [1.82, 2.24) is 9.80 Å². The van der Waals surface area contributed by atoms with Crippen LogP contribution in [0.15, 0.2) is 48.5 Å². The van der Waals surface area contributed by atoms with Gasteiger partial charge in [0.15, 0.2) is 0 Å². The van der Waals surface area contributed by atoms with Gasteiger partial charge in [-0.25, -0.2) is 4.79 Å². The van der Waals surface area contributed by atoms with Crippen LogP contribution in [0.5, 0.6) is 0 Å². The van der Waals surface area contributed by atoms with Gasteiger partial charge >= 0.3 is 12.0 Å². The Bertz CT molecular complexity index is 1190. The van der Waals surface area contributed by atoms with Crippen LogP contribution in [0.4, 0.5) is 21.9 Å². The number of hydrogen-bond acceptors (Lipinski definition) is 5. The van der Waals surface area contributed by atoms with Crippen LogP contribution >= 0.6 is 15.9 Å². The van der Waals surface area contributed by atoms with Crippen LogP contribution in [-0.2, 0) is 19.2 Å². The number of carboxylic acids is 1. The molecule has 0 atom stereocenters. The Kier molecular flexibility index (Phi) is 16.5. The lowest BCUT2D eigenvalue weighted by atomic mass is 10.1. The highest BCUT2D eigenvalue weighted by Crippen LogP contribution is 2.16. The Hall–Kier alpha value is -3.93. The van der Waals surface area contributed by atoms with Gasteiger partial charge in [0.2, 0.25) is 17.7 Å². The molecule has 0 aliphatic carbocycles. The van der Waals surface area contributed by atoms with Crippen molar-refractivity contribution in [2.24, 2.45) is 5.92 Å². The van der Waals surface area contributed by atoms with E-state index < -0.39 is 29.7 Å². The Balaban J connectivity index is 0.00000431. The van der Waals surface area contributed by atoms with Gasteiger partial charge in [-0.1, -0.05) is 61.8 Å². The number of urea groups is 1. The molecule has 0 saturated carbocycles. The Labute approximate surface area is 256 Å². The lowest BCUT2D eigenvalue weighted by molar-refractivity contribution is -0.142. The molecule has 0 radical (unpaired) electrons. The second-order valence-electron chi connectivity index (χ2n) is 9.61. The van der Waals surface area contributed by atoms with E-state index in [1.807, 2.05) is 52.8 Å². The minimum absolute atomic E-state index is 0.0508. The van der Waals surface area contributed by atoms with Gasteiger partial charge in [-0.05, 0) is 55.2 Å². The van der Waals surface area contributed by atoms with Crippen LogP contribution in [0.25, 0.3) is 0 Å². The Morgan fingerprint density at radius 1 is 0.810 bits per heavy atom. The predicted octanol–water partition coefficient (Wildman–Crippen LogP) is 5.18. The predicted molar refractivity (Wildman–Crippen MR) is 169 cm³/mol. The molecule has 5 amide bonds. The highest BCUT2D eigenvalue weighted by Gasteiger charge is 2.23. The van der Waals surface area contributed by atoms with E-state index in [2.05, 4.69) is 31.9 Å². The zero-order chi connectivity index (χ0) is 31.7. The van der Waals surface area contributed by atoms with Gasteiger partial charge in [0.1, 0.15) is 0 Å². The highest BCUT2D eigenvalue weighted by atomic mass is 79.9. The second-order valence-corrected chi connectivity index (χ2v) is 10.2. The number of rotatable bonds is 14. The maximum Gasteiger partial charge on any atom is 0.323 e. The smallest absolute Gasteiger partial charge is 0.323 e. The number of carboxylic acid groups (broad SMARTS) is 1. The fourth-order valence-electron chi connectivity index (χ4n) is 3.58. The van der Waals surface area contributed by atoms with Gasteiger partial charge in [-0.3, -0.25) is 19.2 Å². The fourth-order valence-corrected chi connectivity index (χ4v) is 3.94. The third-order valence-corrected chi connectivity index (χ3v) is 6.35. The third-order valence-electron chi connectivity index (χ3n) is 5.87. The number of anilines is 3. The summed E-state index contributed by atoms with van der Waals surface area (Å²) < 4.78 is 0. The van der Waals surface area contributed by atoms with Gasteiger partial charge in [0.25, 0.3) is 0 Å². The number of halogens is 1. The van der Waals surface area contributed by atoms with E-state index in [1.165, 1.54) is 9.80 Å². The summed E-state index contributed by atoms with van der Waals surface area (Å²) in [4.78, 5) is 63.9. The van der Waals surface area contributed by atoms with Gasteiger partial charge < -0.3 is 30.9 Å². The van der Waals surface area contributed by atoms with Crippen molar-refractivity contribution in [3.63, 3.8) is 0 Å². The number of aryl methyl sites for hydroxylation is 1. The molecule has 2 aromatic carbocycles. The van der Waals surface area contributed by atoms with Crippen molar-refractivity contribution in [3.8, 4) is 0 Å². The molecule has 230 valence electrons. The molecule has 0 bridgehead atoms. The Morgan fingerprint density at radius 3 is 1.93 bits per heavy atom. The van der Waals surface area contributed by atoms with E-state index in [0.717, 1.165) is 5.56 Å². The zero-order valence-corrected chi connectivity index (χ0v) is 26.5. The SMILES string of the molecule is CC.Cc1ccccc1NC(=O)Nc1ccc(NC(=O)CN(CCC(C)C)C(=O)CN(CCC(=O)O)C(=O)CBr)cc1. The van der Waals surface area contributed by atoms with Crippen LogP contribution in [0.1, 0.15) is 46.1 Å². The number of amides is 5. The summed E-state index contributed by atoms with van der Waals surface area (Å²) in [6.45, 7) is 9.51. The number of nitrogens with one attached hydrogen (secondary N) is 3. The normalized spacial score (nSPS) is 10.2. The maximum atomic E-state index is 13.1. The van der Waals surface area contributed by atoms with E-state index in [0.29, 0.717) is 30.0 Å². The standard InChI is InChI=1S/C28H36BrN5O6.C2H6/c1-19(2)12-14-33(26(37)18-34(25(36)16-29)15-13-27(38)39)17-24(35)30-21-8-10-22(11-9-21)31-28(40)32-23-7-5-4-6-20(23)3;1-2/h4-11,19H,12-18H2,1-3H3,(H,30,35)(H,38,39)(H2,31,32,40);1-2H3. The summed E-state index contributed by atoms with van der Waals surface area (Å²) in [6.07, 6.45) is 0.350. The summed E-state index contributed by atoms with van der Waals surface area (Å²) in [7, 11) is 0. The van der Waals surface area contributed by atoms with Crippen molar-refractivity contribution in [2.75, 3.05) is 47.5 Å². The van der Waals surface area contributed by atoms with Crippen LogP contribution in [0.3, 0.4) is 0 Å². The molecule has 0 unspecified atom stereocenters. The van der Waals surface area contributed by atoms with Gasteiger partial charge in [-0.15, -0.1) is 0 Å². The molecule has 2 rings (SSSR count). The topological polar surface area (TPSA) is 148 Å². The first-order chi connectivity index (χ1) is 20.0. The van der Waals surface area contributed by atoms with E-state index in [-0.39, 0.29) is 37.3 Å². The average molecular weight is 649 g/mol. The van der Waals surface area contributed by atoms with Gasteiger partial charge in [0, 0.05) is 30.2 Å². The minimum atomic E-state index is -1.08. The number of para-hydroxylation sites is 1. The van der Waals surface area contributed by atoms with E-state index in [9.17, 15) is 24.0 Å². The molecular formula is C30H42BrN5O6. The number of carbonyl (C=O) groups excluding carboxylic acids is 4. The molecule has 0 aromatic heterocycles. The van der Waals surface area contributed by atoms with E-state index in [4.69, 9.17) is 5.11 Å². The summed E-state index contributed by atoms with van der Waals surface area (Å²) >= 11 is 3.06. The number of alkyl halides is 1. The second kappa shape index (κ2) is 19.2. The lowest BCUT2D eigenvalue weighted by Gasteiger charge is -2.27. The van der Waals surface area contributed by atoms with Gasteiger partial charge in [0.05, 0.1) is 24.8 Å². The lowest BCUT2D eigenvalue weighted by Crippen LogP contribution is -2.46. The molecule has 42 heavy (non-hydrogen) atoms. The summed E-state index contributed by atoms with van der Waals surface area (Å²) in [5, 5.41) is 17.2. The maximum absolute atomic E-state index is 13.1. The largest absolute Gasteiger partial charge is 0.481 e. The molecular weight excluding hydrogens is 606 g/mol. The fraction of sp³-hybridized carbons (Fsp3) is 0.433. The third kappa shape index (κ3) is 13.6. The molecule has 0 heterocycles. The molecule has 0 aliphatic rings. The van der Waals surface area contributed by atoms with Crippen LogP contribution in [-0.4, -0.2) is 76.1 Å². The zero-order valence-electron chi connectivity index (χ0n) is 24.9. The number of nitrogens with zero attached hydrogens (tertiary/aromatic N) is 2. The van der Waals surface area contributed by atoms with Gasteiger partial charge in [-0.2, -0.15) is 0 Å². The molecule has 0 fully saturated rings. The monoisotopic (exact) mass is 647 g/mol. The highest BCUT2D eigenvalue weighted by molar-refractivity contribution is 9.09. The van der Waals surface area contributed by atoms with E-state index in [1.54, 1.807) is 30.3 Å². The van der Waals surface area contributed by atoms with Crippen molar-refractivity contribution < 1.29 is 29.1 Å². The quantitative estimate of drug-likeness (QED) is 0.208. The van der Waals surface area contributed by atoms with Crippen molar-refractivity contribution in [1.29, 1.82) is 0 Å². The molecule has 2 aromatic rings. The van der Waals surface area contributed by atoms with Crippen LogP contribution in [0, 0.1) is 12.8 Å². The first-order valence-electron chi connectivity index (χ1n) is 13.8. The van der Waals surface area contributed by atoms with Crippen LogP contribution < -0.4 is 16.0 Å². The number of carbonyl (C=O) groups is 5. The molecule has 0 spiro atoms. The summed E-state index contributed by atoms with van der Waals surface area (Å²) in [6, 6.07) is 13.5. The van der Waals surface area contributed by atoms with Crippen molar-refractivity contribution in [3.05, 3.63) is 54.1 Å². The van der Waals surface area contributed by atoms with E-state index >= 15 is 0 Å². The number of benzene rings is 2. The number of hydrogen-bond donors (Lipinski definition) is 4. The average Bonchev–Trinajstić information content (AvgIpc) is 2.95. The molecule has 4 N–H and O–H groups in total. The first-order valence-corrected chi connectivity index (χ1v) is 15.0. The summed E-state index contributed by atoms with van der Waals surface area (Å²) in [5.74, 6) is -2.10. The Morgan fingerprint density at radius 2 is 1.38 bits per heavy atom. The first kappa shape index (κ1) is 36.1. The van der Waals surface area contributed by atoms with Crippen LogP contribution in [0.2, 0.25) is 0 Å². The number of aliphatic carboxylic acids is 1. The molecule has 0 aliphatic heterocycles.